The third-order valence-corrected chi connectivity index (χ3v) is 4.47. The molecule has 2 aromatic rings. The van der Waals surface area contributed by atoms with Crippen molar-refractivity contribution in [1.82, 2.24) is 10.3 Å². The Balaban J connectivity index is 0.00000144. The molecule has 17 heavy (non-hydrogen) atoms. The zero-order chi connectivity index (χ0) is 11.5. The van der Waals surface area contributed by atoms with E-state index in [-0.39, 0.29) is 12.4 Å². The maximum Gasteiger partial charge on any atom is 0.104 e. The Morgan fingerprint density at radius 3 is 2.76 bits per heavy atom. The van der Waals surface area contributed by atoms with E-state index < -0.39 is 0 Å². The highest BCUT2D eigenvalue weighted by Gasteiger charge is 2.11. The normalized spacial score (nSPS) is 10.3. The average molecular weight is 330 g/mol. The fraction of sp³-hybridized carbons (Fsp3) is 0.300. The Morgan fingerprint density at radius 1 is 1.41 bits per heavy atom. The van der Waals surface area contributed by atoms with Crippen LogP contribution in [0.4, 0.5) is 0 Å². The van der Waals surface area contributed by atoms with Crippen molar-refractivity contribution in [2.24, 2.45) is 0 Å². The molecule has 0 aliphatic rings. The number of hydrogen-bond acceptors (Lipinski definition) is 4. The van der Waals surface area contributed by atoms with Gasteiger partial charge >= 0.3 is 0 Å². The van der Waals surface area contributed by atoms with E-state index in [2.05, 4.69) is 10.3 Å². The van der Waals surface area contributed by atoms with Crippen molar-refractivity contribution < 1.29 is 0 Å². The van der Waals surface area contributed by atoms with Crippen LogP contribution in [0.1, 0.15) is 5.01 Å². The van der Waals surface area contributed by atoms with Gasteiger partial charge in [0.2, 0.25) is 0 Å². The lowest BCUT2D eigenvalue weighted by molar-refractivity contribution is 0.788. The van der Waals surface area contributed by atoms with Crippen LogP contribution in [0.2, 0.25) is 8.67 Å². The summed E-state index contributed by atoms with van der Waals surface area (Å²) in [7, 11) is 1.93. The van der Waals surface area contributed by atoms with Crippen LogP contribution in [0.5, 0.6) is 0 Å². The first kappa shape index (κ1) is 15.2. The predicted octanol–water partition coefficient (Wildman–Crippen LogP) is 4.36. The van der Waals surface area contributed by atoms with Crippen LogP contribution in [0, 0.1) is 0 Å². The maximum absolute atomic E-state index is 6.08. The smallest absolute Gasteiger partial charge is 0.104 e. The molecular weight excluding hydrogens is 319 g/mol. The van der Waals surface area contributed by atoms with Crippen LogP contribution in [0.25, 0.3) is 11.3 Å². The second-order valence-corrected chi connectivity index (χ2v) is 6.45. The van der Waals surface area contributed by atoms with E-state index in [1.165, 1.54) is 11.3 Å². The lowest BCUT2D eigenvalue weighted by Gasteiger charge is -1.94. The zero-order valence-corrected chi connectivity index (χ0v) is 13.0. The van der Waals surface area contributed by atoms with Crippen molar-refractivity contribution in [3.8, 4) is 11.3 Å². The van der Waals surface area contributed by atoms with Gasteiger partial charge in [-0.3, -0.25) is 0 Å². The third-order valence-electron chi connectivity index (χ3n) is 2.07. The molecule has 0 atom stereocenters. The summed E-state index contributed by atoms with van der Waals surface area (Å²) in [5, 5.41) is 6.24. The monoisotopic (exact) mass is 328 g/mol. The summed E-state index contributed by atoms with van der Waals surface area (Å²) < 4.78 is 1.40. The molecule has 1 N–H and O–H groups in total. The minimum atomic E-state index is 0. The van der Waals surface area contributed by atoms with Crippen molar-refractivity contribution in [3.05, 3.63) is 25.1 Å². The van der Waals surface area contributed by atoms with Gasteiger partial charge in [-0.25, -0.2) is 4.98 Å². The number of nitrogens with zero attached hydrogens (tertiary/aromatic N) is 1. The molecule has 0 fully saturated rings. The number of thiazole rings is 1. The molecule has 0 spiro atoms. The summed E-state index contributed by atoms with van der Waals surface area (Å²) in [4.78, 5) is 4.53. The second kappa shape index (κ2) is 6.92. The van der Waals surface area contributed by atoms with Crippen molar-refractivity contribution >= 4 is 58.3 Å². The maximum atomic E-state index is 6.08. The van der Waals surface area contributed by atoms with Gasteiger partial charge in [0.15, 0.2) is 0 Å². The molecule has 0 radical (unpaired) electrons. The number of nitrogens with one attached hydrogen (secondary N) is 1. The van der Waals surface area contributed by atoms with Gasteiger partial charge in [-0.15, -0.1) is 35.1 Å². The molecule has 2 heterocycles. The van der Waals surface area contributed by atoms with Crippen molar-refractivity contribution in [2.45, 2.75) is 6.42 Å². The molecule has 7 heteroatoms. The Labute approximate surface area is 124 Å². The Morgan fingerprint density at radius 2 is 2.18 bits per heavy atom. The number of rotatable bonds is 4. The molecule has 0 saturated heterocycles. The van der Waals surface area contributed by atoms with Crippen LogP contribution in [-0.4, -0.2) is 18.6 Å². The summed E-state index contributed by atoms with van der Waals surface area (Å²) in [5.74, 6) is 0. The summed E-state index contributed by atoms with van der Waals surface area (Å²) in [6.45, 7) is 0.936. The summed E-state index contributed by atoms with van der Waals surface area (Å²) in [5.41, 5.74) is 1.85. The third kappa shape index (κ3) is 3.81. The number of thiophene rings is 1. The van der Waals surface area contributed by atoms with Gasteiger partial charge in [-0.2, -0.15) is 0 Å². The van der Waals surface area contributed by atoms with Crippen LogP contribution in [-0.2, 0) is 6.42 Å². The second-order valence-electron chi connectivity index (χ2n) is 3.22. The molecule has 0 aromatic carbocycles. The van der Waals surface area contributed by atoms with Crippen LogP contribution < -0.4 is 5.32 Å². The first-order valence-corrected chi connectivity index (χ1v) is 7.20. The fourth-order valence-corrected chi connectivity index (χ4v) is 3.58. The number of hydrogen-bond donors (Lipinski definition) is 1. The Bertz CT molecular complexity index is 482. The van der Waals surface area contributed by atoms with E-state index in [0.29, 0.717) is 8.67 Å². The van der Waals surface area contributed by atoms with E-state index in [1.807, 2.05) is 18.5 Å². The highest BCUT2D eigenvalue weighted by molar-refractivity contribution is 7.20. The van der Waals surface area contributed by atoms with Crippen molar-refractivity contribution in [3.63, 3.8) is 0 Å². The number of halogens is 3. The Hall–Kier alpha value is 0.160. The van der Waals surface area contributed by atoms with Gasteiger partial charge in [0, 0.05) is 23.9 Å². The first-order valence-electron chi connectivity index (χ1n) is 4.75. The lowest BCUT2D eigenvalue weighted by Crippen LogP contribution is -2.09. The molecule has 2 nitrogen and oxygen atoms in total. The first-order chi connectivity index (χ1) is 7.70. The summed E-state index contributed by atoms with van der Waals surface area (Å²) in [6.07, 6.45) is 0.941. The van der Waals surface area contributed by atoms with Gasteiger partial charge in [0.25, 0.3) is 0 Å². The quantitative estimate of drug-likeness (QED) is 0.901. The average Bonchev–Trinajstić information content (AvgIpc) is 2.82. The van der Waals surface area contributed by atoms with Crippen LogP contribution >= 0.6 is 58.3 Å². The molecule has 2 rings (SSSR count). The van der Waals surface area contributed by atoms with Gasteiger partial charge < -0.3 is 5.32 Å². The van der Waals surface area contributed by atoms with E-state index in [0.717, 1.165) is 29.2 Å². The fourth-order valence-electron chi connectivity index (χ4n) is 1.30. The van der Waals surface area contributed by atoms with Gasteiger partial charge in [-0.1, -0.05) is 23.2 Å². The number of aromatic nitrogens is 1. The minimum absolute atomic E-state index is 0. The highest BCUT2D eigenvalue weighted by atomic mass is 35.5. The molecule has 0 aliphatic heterocycles. The Kier molecular flexibility index (Phi) is 6.20. The van der Waals surface area contributed by atoms with E-state index in [9.17, 15) is 0 Å². The molecule has 0 unspecified atom stereocenters. The van der Waals surface area contributed by atoms with E-state index >= 15 is 0 Å². The topological polar surface area (TPSA) is 24.9 Å². The van der Waals surface area contributed by atoms with Crippen LogP contribution in [0.3, 0.4) is 0 Å². The van der Waals surface area contributed by atoms with Crippen molar-refractivity contribution in [1.29, 1.82) is 0 Å². The standard InChI is InChI=1S/C10H10Cl2N2S2.ClH/c1-13-3-2-9-14-7(5-15-9)6-4-8(11)16-10(6)12;/h4-5,13H,2-3H2,1H3;1H. The molecule has 0 saturated carbocycles. The lowest BCUT2D eigenvalue weighted by atomic mass is 10.3. The van der Waals surface area contributed by atoms with Gasteiger partial charge in [-0.05, 0) is 13.1 Å². The molecular formula is C10H11Cl3N2S2. The highest BCUT2D eigenvalue weighted by Crippen LogP contribution is 2.38. The molecule has 2 aromatic heterocycles. The van der Waals surface area contributed by atoms with E-state index in [1.54, 1.807) is 11.3 Å². The van der Waals surface area contributed by atoms with Gasteiger partial charge in [0.1, 0.15) is 4.34 Å². The minimum Gasteiger partial charge on any atom is -0.319 e. The van der Waals surface area contributed by atoms with Crippen molar-refractivity contribution in [2.75, 3.05) is 13.6 Å². The predicted molar refractivity (Wildman–Crippen MR) is 80.3 cm³/mol. The SMILES string of the molecule is CNCCc1nc(-c2cc(Cl)sc2Cl)cs1.Cl. The van der Waals surface area contributed by atoms with Gasteiger partial charge in [0.05, 0.1) is 15.0 Å². The molecule has 0 aliphatic carbocycles. The zero-order valence-electron chi connectivity index (χ0n) is 9.00. The summed E-state index contributed by atoms with van der Waals surface area (Å²) >= 11 is 15.0. The molecule has 0 bridgehead atoms. The van der Waals surface area contributed by atoms with Crippen LogP contribution in [0.15, 0.2) is 11.4 Å². The summed E-state index contributed by atoms with van der Waals surface area (Å²) in [6, 6.07) is 1.87. The molecule has 0 amide bonds. The molecule has 94 valence electrons. The number of likely N-dealkylation sites (N-methyl/N-ethyl adjacent to an activating group) is 1. The largest absolute Gasteiger partial charge is 0.319 e. The van der Waals surface area contributed by atoms with E-state index in [4.69, 9.17) is 23.2 Å².